The molecule has 5 nitrogen and oxygen atoms in total. The molecule has 1 N–H and O–H groups in total. The molecular formula is C12H21N5. The van der Waals surface area contributed by atoms with Crippen LogP contribution >= 0.6 is 0 Å². The highest BCUT2D eigenvalue weighted by Crippen LogP contribution is 2.15. The minimum atomic E-state index is 0.771. The van der Waals surface area contributed by atoms with Gasteiger partial charge in [-0.1, -0.05) is 19.8 Å². The molecule has 0 aliphatic carbocycles. The summed E-state index contributed by atoms with van der Waals surface area (Å²) in [5.74, 6) is 1.61. The summed E-state index contributed by atoms with van der Waals surface area (Å²) in [5.41, 5.74) is 0. The van der Waals surface area contributed by atoms with Gasteiger partial charge in [0, 0.05) is 19.6 Å². The van der Waals surface area contributed by atoms with Crippen molar-refractivity contribution >= 4 is 11.8 Å². The zero-order valence-corrected chi connectivity index (χ0v) is 10.5. The van der Waals surface area contributed by atoms with Crippen LogP contribution in [0.5, 0.6) is 0 Å². The molecule has 0 radical (unpaired) electrons. The van der Waals surface area contributed by atoms with Crippen molar-refractivity contribution in [2.24, 2.45) is 0 Å². The lowest BCUT2D eigenvalue weighted by molar-refractivity contribution is 0.726. The zero-order valence-electron chi connectivity index (χ0n) is 10.5. The fraction of sp³-hybridized carbons (Fsp3) is 0.750. The van der Waals surface area contributed by atoms with Crippen molar-refractivity contribution in [1.82, 2.24) is 15.2 Å². The summed E-state index contributed by atoms with van der Waals surface area (Å²) in [5, 5.41) is 11.4. The molecule has 1 aliphatic heterocycles. The molecule has 1 aromatic heterocycles. The summed E-state index contributed by atoms with van der Waals surface area (Å²) in [6.45, 7) is 5.17. The Morgan fingerprint density at radius 1 is 1.24 bits per heavy atom. The molecule has 1 saturated heterocycles. The Morgan fingerprint density at radius 2 is 2.00 bits per heavy atom. The molecule has 1 aromatic rings. The topological polar surface area (TPSA) is 53.9 Å². The van der Waals surface area contributed by atoms with Gasteiger partial charge in [0.2, 0.25) is 5.95 Å². The molecule has 17 heavy (non-hydrogen) atoms. The predicted molar refractivity (Wildman–Crippen MR) is 69.3 cm³/mol. The van der Waals surface area contributed by atoms with E-state index in [0.29, 0.717) is 0 Å². The van der Waals surface area contributed by atoms with Crippen LogP contribution in [0.15, 0.2) is 6.20 Å². The first-order valence-electron chi connectivity index (χ1n) is 6.58. The second-order valence-corrected chi connectivity index (χ2v) is 4.47. The smallest absolute Gasteiger partial charge is 0.247 e. The lowest BCUT2D eigenvalue weighted by atomic mass is 10.2. The van der Waals surface area contributed by atoms with E-state index in [0.717, 1.165) is 37.8 Å². The van der Waals surface area contributed by atoms with Gasteiger partial charge < -0.3 is 10.2 Å². The van der Waals surface area contributed by atoms with Crippen molar-refractivity contribution < 1.29 is 0 Å². The third-order valence-electron chi connectivity index (χ3n) is 2.99. The average molecular weight is 235 g/mol. The minimum absolute atomic E-state index is 0.771. The Kier molecular flexibility index (Phi) is 4.53. The van der Waals surface area contributed by atoms with E-state index in [2.05, 4.69) is 32.3 Å². The lowest BCUT2D eigenvalue weighted by Crippen LogP contribution is -2.26. The van der Waals surface area contributed by atoms with E-state index in [1.54, 1.807) is 6.20 Å². The van der Waals surface area contributed by atoms with Gasteiger partial charge in [0.1, 0.15) is 0 Å². The lowest BCUT2D eigenvalue weighted by Gasteiger charge is -2.19. The second kappa shape index (κ2) is 6.37. The molecule has 0 amide bonds. The van der Waals surface area contributed by atoms with E-state index >= 15 is 0 Å². The Labute approximate surface area is 103 Å². The number of rotatable bonds is 4. The van der Waals surface area contributed by atoms with Crippen LogP contribution in [0.4, 0.5) is 11.8 Å². The van der Waals surface area contributed by atoms with E-state index in [9.17, 15) is 0 Å². The van der Waals surface area contributed by atoms with Crippen LogP contribution in [0.2, 0.25) is 0 Å². The molecule has 5 heteroatoms. The van der Waals surface area contributed by atoms with Gasteiger partial charge in [-0.15, -0.1) is 5.10 Å². The van der Waals surface area contributed by atoms with Crippen LogP contribution in [0, 0.1) is 0 Å². The molecule has 1 fully saturated rings. The van der Waals surface area contributed by atoms with Gasteiger partial charge in [-0.2, -0.15) is 10.1 Å². The van der Waals surface area contributed by atoms with Crippen molar-refractivity contribution in [3.05, 3.63) is 6.20 Å². The highest BCUT2D eigenvalue weighted by atomic mass is 15.3. The van der Waals surface area contributed by atoms with E-state index in [-0.39, 0.29) is 0 Å². The van der Waals surface area contributed by atoms with Crippen molar-refractivity contribution in [3.63, 3.8) is 0 Å². The van der Waals surface area contributed by atoms with Crippen LogP contribution in [-0.2, 0) is 0 Å². The summed E-state index contributed by atoms with van der Waals surface area (Å²) >= 11 is 0. The van der Waals surface area contributed by atoms with Gasteiger partial charge in [-0.25, -0.2) is 0 Å². The highest BCUT2D eigenvalue weighted by molar-refractivity contribution is 5.38. The third kappa shape index (κ3) is 3.54. The van der Waals surface area contributed by atoms with Crippen molar-refractivity contribution in [2.45, 2.75) is 39.0 Å². The SMILES string of the molecule is CCCNc1cnnc(N2CCCCCC2)n1. The van der Waals surface area contributed by atoms with Gasteiger partial charge in [0.05, 0.1) is 6.20 Å². The summed E-state index contributed by atoms with van der Waals surface area (Å²) in [6.07, 6.45) is 7.88. The molecule has 0 saturated carbocycles. The van der Waals surface area contributed by atoms with Crippen molar-refractivity contribution in [2.75, 3.05) is 29.9 Å². The van der Waals surface area contributed by atoms with E-state index < -0.39 is 0 Å². The van der Waals surface area contributed by atoms with Crippen molar-refractivity contribution in [3.8, 4) is 0 Å². The number of hydrogen-bond donors (Lipinski definition) is 1. The van der Waals surface area contributed by atoms with Crippen LogP contribution in [-0.4, -0.2) is 34.8 Å². The first-order valence-corrected chi connectivity index (χ1v) is 6.58. The number of nitrogens with one attached hydrogen (secondary N) is 1. The maximum Gasteiger partial charge on any atom is 0.247 e. The summed E-state index contributed by atoms with van der Waals surface area (Å²) < 4.78 is 0. The molecular weight excluding hydrogens is 214 g/mol. The molecule has 0 unspecified atom stereocenters. The fourth-order valence-corrected chi connectivity index (χ4v) is 2.04. The molecule has 1 aliphatic rings. The Hall–Kier alpha value is -1.39. The predicted octanol–water partition coefficient (Wildman–Crippen LogP) is 2.07. The van der Waals surface area contributed by atoms with E-state index in [1.807, 2.05) is 0 Å². The fourth-order valence-electron chi connectivity index (χ4n) is 2.04. The first kappa shape index (κ1) is 12.1. The second-order valence-electron chi connectivity index (χ2n) is 4.47. The molecule has 2 rings (SSSR count). The standard InChI is InChI=1S/C12H21N5/c1-2-7-13-11-10-14-16-12(15-11)17-8-5-3-4-6-9-17/h10H,2-9H2,1H3,(H,13,15,16). The van der Waals surface area contributed by atoms with Gasteiger partial charge >= 0.3 is 0 Å². The Morgan fingerprint density at radius 3 is 2.71 bits per heavy atom. The van der Waals surface area contributed by atoms with Gasteiger partial charge in [-0.3, -0.25) is 0 Å². The average Bonchev–Trinajstić information content (AvgIpc) is 2.65. The zero-order chi connectivity index (χ0) is 11.9. The summed E-state index contributed by atoms with van der Waals surface area (Å²) in [4.78, 5) is 6.76. The van der Waals surface area contributed by atoms with Crippen LogP contribution < -0.4 is 10.2 Å². The molecule has 0 spiro atoms. The van der Waals surface area contributed by atoms with Gasteiger partial charge in [-0.05, 0) is 19.3 Å². The highest BCUT2D eigenvalue weighted by Gasteiger charge is 2.13. The summed E-state index contributed by atoms with van der Waals surface area (Å²) in [6, 6.07) is 0. The maximum absolute atomic E-state index is 4.52. The number of aromatic nitrogens is 3. The van der Waals surface area contributed by atoms with Crippen molar-refractivity contribution in [1.29, 1.82) is 0 Å². The number of anilines is 2. The Balaban J connectivity index is 2.03. The van der Waals surface area contributed by atoms with Crippen LogP contribution in [0.1, 0.15) is 39.0 Å². The molecule has 0 atom stereocenters. The molecule has 94 valence electrons. The van der Waals surface area contributed by atoms with Gasteiger partial charge in [0.25, 0.3) is 0 Å². The quantitative estimate of drug-likeness (QED) is 0.866. The Bertz CT molecular complexity index is 333. The molecule has 0 bridgehead atoms. The summed E-state index contributed by atoms with van der Waals surface area (Å²) in [7, 11) is 0. The maximum atomic E-state index is 4.52. The van der Waals surface area contributed by atoms with E-state index in [4.69, 9.17) is 0 Å². The van der Waals surface area contributed by atoms with E-state index in [1.165, 1.54) is 25.7 Å². The van der Waals surface area contributed by atoms with Crippen LogP contribution in [0.25, 0.3) is 0 Å². The first-order chi connectivity index (χ1) is 8.40. The number of hydrogen-bond acceptors (Lipinski definition) is 5. The number of nitrogens with zero attached hydrogens (tertiary/aromatic N) is 4. The normalized spacial score (nSPS) is 16.6. The van der Waals surface area contributed by atoms with Gasteiger partial charge in [0.15, 0.2) is 5.82 Å². The van der Waals surface area contributed by atoms with Crippen LogP contribution in [0.3, 0.4) is 0 Å². The molecule has 2 heterocycles. The molecule has 0 aromatic carbocycles. The minimum Gasteiger partial charge on any atom is -0.369 e. The third-order valence-corrected chi connectivity index (χ3v) is 2.99. The monoisotopic (exact) mass is 235 g/mol. The largest absolute Gasteiger partial charge is 0.369 e.